The first-order valence-electron chi connectivity index (χ1n) is 6.89. The average molecular weight is 262 g/mol. The number of rotatable bonds is 5. The Morgan fingerprint density at radius 1 is 1.32 bits per heavy atom. The van der Waals surface area contributed by atoms with Crippen LogP contribution in [0.5, 0.6) is 0 Å². The minimum Gasteiger partial charge on any atom is -0.465 e. The molecule has 1 atom stereocenters. The SMILES string of the molecule is CCOC(=O)C(C)(C)C(O)(c1ccccc1)C1CC1. The van der Waals surface area contributed by atoms with Crippen molar-refractivity contribution in [3.05, 3.63) is 35.9 Å². The smallest absolute Gasteiger partial charge is 0.314 e. The molecule has 0 aromatic heterocycles. The Balaban J connectivity index is 2.42. The summed E-state index contributed by atoms with van der Waals surface area (Å²) in [5, 5.41) is 11.2. The fraction of sp³-hybridized carbons (Fsp3) is 0.562. The Labute approximate surface area is 114 Å². The number of esters is 1. The van der Waals surface area contributed by atoms with Gasteiger partial charge in [-0.25, -0.2) is 0 Å². The van der Waals surface area contributed by atoms with Gasteiger partial charge in [0.2, 0.25) is 0 Å². The average Bonchev–Trinajstić information content (AvgIpc) is 3.23. The molecule has 1 unspecified atom stereocenters. The molecule has 1 fully saturated rings. The third-order valence-electron chi connectivity index (χ3n) is 4.12. The Hall–Kier alpha value is -1.35. The van der Waals surface area contributed by atoms with Crippen molar-refractivity contribution in [2.75, 3.05) is 6.61 Å². The third-order valence-corrected chi connectivity index (χ3v) is 4.12. The molecule has 0 heterocycles. The number of carbonyl (C=O) groups excluding carboxylic acids is 1. The van der Waals surface area contributed by atoms with E-state index in [-0.39, 0.29) is 11.9 Å². The van der Waals surface area contributed by atoms with Gasteiger partial charge in [0.1, 0.15) is 5.60 Å². The number of hydrogen-bond acceptors (Lipinski definition) is 3. The van der Waals surface area contributed by atoms with Gasteiger partial charge in [-0.05, 0) is 45.1 Å². The lowest BCUT2D eigenvalue weighted by Crippen LogP contribution is -2.49. The number of benzene rings is 1. The molecule has 0 spiro atoms. The molecule has 0 amide bonds. The summed E-state index contributed by atoms with van der Waals surface area (Å²) in [6, 6.07) is 9.47. The Bertz CT molecular complexity index is 448. The van der Waals surface area contributed by atoms with Crippen LogP contribution in [0.25, 0.3) is 0 Å². The van der Waals surface area contributed by atoms with Crippen LogP contribution in [0.1, 0.15) is 39.2 Å². The van der Waals surface area contributed by atoms with Crippen LogP contribution in [-0.4, -0.2) is 17.7 Å². The van der Waals surface area contributed by atoms with Gasteiger partial charge in [-0.3, -0.25) is 4.79 Å². The van der Waals surface area contributed by atoms with E-state index in [2.05, 4.69) is 0 Å². The molecule has 104 valence electrons. The van der Waals surface area contributed by atoms with Crippen molar-refractivity contribution < 1.29 is 14.6 Å². The van der Waals surface area contributed by atoms with E-state index in [0.717, 1.165) is 18.4 Å². The van der Waals surface area contributed by atoms with Crippen molar-refractivity contribution in [1.82, 2.24) is 0 Å². The first-order valence-corrected chi connectivity index (χ1v) is 6.89. The number of hydrogen-bond donors (Lipinski definition) is 1. The van der Waals surface area contributed by atoms with E-state index in [1.54, 1.807) is 20.8 Å². The molecule has 0 saturated heterocycles. The lowest BCUT2D eigenvalue weighted by atomic mass is 9.68. The molecule has 1 aliphatic carbocycles. The van der Waals surface area contributed by atoms with E-state index < -0.39 is 11.0 Å². The van der Waals surface area contributed by atoms with Gasteiger partial charge in [-0.15, -0.1) is 0 Å². The Kier molecular flexibility index (Phi) is 3.68. The lowest BCUT2D eigenvalue weighted by molar-refractivity contribution is -0.176. The van der Waals surface area contributed by atoms with Crippen molar-refractivity contribution in [3.8, 4) is 0 Å². The molecule has 3 nitrogen and oxygen atoms in total. The van der Waals surface area contributed by atoms with Gasteiger partial charge in [-0.1, -0.05) is 30.3 Å². The number of carbonyl (C=O) groups is 1. The van der Waals surface area contributed by atoms with E-state index in [4.69, 9.17) is 4.74 Å². The van der Waals surface area contributed by atoms with E-state index in [0.29, 0.717) is 6.61 Å². The molecule has 1 N–H and O–H groups in total. The maximum absolute atomic E-state index is 12.2. The summed E-state index contributed by atoms with van der Waals surface area (Å²) in [4.78, 5) is 12.2. The van der Waals surface area contributed by atoms with Gasteiger partial charge in [0.05, 0.1) is 12.0 Å². The second-order valence-electron chi connectivity index (χ2n) is 5.75. The van der Waals surface area contributed by atoms with Crippen LogP contribution >= 0.6 is 0 Å². The molecule has 0 bridgehead atoms. The monoisotopic (exact) mass is 262 g/mol. The highest BCUT2D eigenvalue weighted by atomic mass is 16.5. The van der Waals surface area contributed by atoms with Gasteiger partial charge < -0.3 is 9.84 Å². The van der Waals surface area contributed by atoms with Crippen molar-refractivity contribution >= 4 is 5.97 Å². The van der Waals surface area contributed by atoms with E-state index in [9.17, 15) is 9.90 Å². The topological polar surface area (TPSA) is 46.5 Å². The normalized spacial score (nSPS) is 18.7. The fourth-order valence-corrected chi connectivity index (χ4v) is 2.77. The predicted octanol–water partition coefficient (Wildman–Crippen LogP) is 2.87. The van der Waals surface area contributed by atoms with E-state index in [1.165, 1.54) is 0 Å². The molecular weight excluding hydrogens is 240 g/mol. The fourth-order valence-electron chi connectivity index (χ4n) is 2.77. The molecule has 1 aromatic rings. The highest BCUT2D eigenvalue weighted by Gasteiger charge is 2.58. The van der Waals surface area contributed by atoms with Crippen LogP contribution in [0.3, 0.4) is 0 Å². The summed E-state index contributed by atoms with van der Waals surface area (Å²) < 4.78 is 5.15. The molecule has 1 saturated carbocycles. The molecule has 3 heteroatoms. The van der Waals surface area contributed by atoms with E-state index in [1.807, 2.05) is 30.3 Å². The van der Waals surface area contributed by atoms with Crippen LogP contribution < -0.4 is 0 Å². The number of ether oxygens (including phenoxy) is 1. The maximum atomic E-state index is 12.2. The molecule has 1 aromatic carbocycles. The van der Waals surface area contributed by atoms with Gasteiger partial charge in [0.25, 0.3) is 0 Å². The Morgan fingerprint density at radius 2 is 1.89 bits per heavy atom. The second kappa shape index (κ2) is 4.97. The molecule has 0 aliphatic heterocycles. The minimum absolute atomic E-state index is 0.134. The highest BCUT2D eigenvalue weighted by molar-refractivity contribution is 5.78. The zero-order valence-corrected chi connectivity index (χ0v) is 11.8. The van der Waals surface area contributed by atoms with E-state index >= 15 is 0 Å². The Morgan fingerprint density at radius 3 is 2.37 bits per heavy atom. The summed E-state index contributed by atoms with van der Waals surface area (Å²) in [6.07, 6.45) is 1.91. The van der Waals surface area contributed by atoms with Crippen molar-refractivity contribution in [2.45, 2.75) is 39.2 Å². The van der Waals surface area contributed by atoms with Crippen molar-refractivity contribution in [2.24, 2.45) is 11.3 Å². The van der Waals surface area contributed by atoms with Crippen LogP contribution in [0.4, 0.5) is 0 Å². The quantitative estimate of drug-likeness (QED) is 0.830. The first kappa shape index (κ1) is 14.1. The van der Waals surface area contributed by atoms with Gasteiger partial charge in [0, 0.05) is 0 Å². The summed E-state index contributed by atoms with van der Waals surface area (Å²) in [5.74, 6) is -0.206. The van der Waals surface area contributed by atoms with Gasteiger partial charge in [0.15, 0.2) is 0 Å². The molecule has 2 rings (SSSR count). The lowest BCUT2D eigenvalue weighted by Gasteiger charge is -2.41. The van der Waals surface area contributed by atoms with Crippen LogP contribution in [0.15, 0.2) is 30.3 Å². The highest BCUT2D eigenvalue weighted by Crippen LogP contribution is 2.55. The maximum Gasteiger partial charge on any atom is 0.314 e. The van der Waals surface area contributed by atoms with Crippen molar-refractivity contribution in [1.29, 1.82) is 0 Å². The summed E-state index contributed by atoms with van der Waals surface area (Å²) in [6.45, 7) is 5.66. The van der Waals surface area contributed by atoms with Crippen molar-refractivity contribution in [3.63, 3.8) is 0 Å². The summed E-state index contributed by atoms with van der Waals surface area (Å²) in [5.41, 5.74) is -1.30. The number of aliphatic hydroxyl groups is 1. The van der Waals surface area contributed by atoms with Gasteiger partial charge in [-0.2, -0.15) is 0 Å². The minimum atomic E-state index is -1.15. The molecule has 0 radical (unpaired) electrons. The van der Waals surface area contributed by atoms with Crippen LogP contribution in [0, 0.1) is 11.3 Å². The van der Waals surface area contributed by atoms with Crippen LogP contribution in [-0.2, 0) is 15.1 Å². The summed E-state index contributed by atoms with van der Waals surface area (Å²) in [7, 11) is 0. The predicted molar refractivity (Wildman–Crippen MR) is 73.5 cm³/mol. The zero-order valence-electron chi connectivity index (χ0n) is 11.8. The third kappa shape index (κ3) is 2.27. The molecular formula is C16H22O3. The van der Waals surface area contributed by atoms with Gasteiger partial charge >= 0.3 is 5.97 Å². The standard InChI is InChI=1S/C16H22O3/c1-4-19-14(17)15(2,3)16(18,13-10-11-13)12-8-6-5-7-9-12/h5-9,13,18H,4,10-11H2,1-3H3. The first-order chi connectivity index (χ1) is 8.94. The molecule has 19 heavy (non-hydrogen) atoms. The zero-order chi connectivity index (χ0) is 14.1. The summed E-state index contributed by atoms with van der Waals surface area (Å²) >= 11 is 0. The largest absolute Gasteiger partial charge is 0.465 e. The molecule has 1 aliphatic rings. The van der Waals surface area contributed by atoms with Crippen LogP contribution in [0.2, 0.25) is 0 Å². The second-order valence-corrected chi connectivity index (χ2v) is 5.75.